The molecule has 26 heavy (non-hydrogen) atoms. The predicted molar refractivity (Wildman–Crippen MR) is 102 cm³/mol. The van der Waals surface area contributed by atoms with E-state index in [9.17, 15) is 4.79 Å². The van der Waals surface area contributed by atoms with E-state index in [0.29, 0.717) is 13.1 Å². The van der Waals surface area contributed by atoms with Crippen LogP contribution < -0.4 is 10.6 Å². The van der Waals surface area contributed by atoms with Crippen LogP contribution in [0.15, 0.2) is 36.8 Å². The highest BCUT2D eigenvalue weighted by molar-refractivity contribution is 5.89. The van der Waals surface area contributed by atoms with E-state index in [1.807, 2.05) is 35.9 Å². The lowest BCUT2D eigenvalue weighted by molar-refractivity contribution is 0.251. The number of hydrogen-bond donors (Lipinski definition) is 3. The number of H-pyrrole nitrogens is 1. The number of hydrogen-bond acceptors (Lipinski definition) is 3. The van der Waals surface area contributed by atoms with E-state index >= 15 is 0 Å². The van der Waals surface area contributed by atoms with E-state index in [1.54, 1.807) is 12.5 Å². The number of aromatic amines is 1. The van der Waals surface area contributed by atoms with Gasteiger partial charge in [0, 0.05) is 23.5 Å². The van der Waals surface area contributed by atoms with Gasteiger partial charge in [-0.15, -0.1) is 0 Å². The van der Waals surface area contributed by atoms with Crippen molar-refractivity contribution in [1.82, 2.24) is 25.1 Å². The van der Waals surface area contributed by atoms with Gasteiger partial charge in [-0.05, 0) is 38.0 Å². The minimum Gasteiger partial charge on any atom is -0.345 e. The van der Waals surface area contributed by atoms with Crippen LogP contribution in [0.4, 0.5) is 10.5 Å². The molecule has 7 heteroatoms. The minimum atomic E-state index is -0.232. The van der Waals surface area contributed by atoms with Gasteiger partial charge in [0.2, 0.25) is 0 Å². The molecule has 2 amide bonds. The van der Waals surface area contributed by atoms with Crippen molar-refractivity contribution in [1.29, 1.82) is 0 Å². The Bertz CT molecular complexity index is 882. The third-order valence-electron chi connectivity index (χ3n) is 4.42. The quantitative estimate of drug-likeness (QED) is 0.636. The second-order valence-electron chi connectivity index (χ2n) is 6.15. The number of rotatable bonds is 6. The molecule has 3 N–H and O–H groups in total. The zero-order chi connectivity index (χ0) is 18.5. The Hall–Kier alpha value is -3.09. The summed E-state index contributed by atoms with van der Waals surface area (Å²) in [5, 5.41) is 10.3. The number of urea groups is 1. The van der Waals surface area contributed by atoms with Crippen molar-refractivity contribution in [3.8, 4) is 11.3 Å². The molecule has 2 aromatic heterocycles. The summed E-state index contributed by atoms with van der Waals surface area (Å²) in [5.41, 5.74) is 6.11. The number of nitrogens with one attached hydrogen (secondary N) is 3. The van der Waals surface area contributed by atoms with Gasteiger partial charge in [0.15, 0.2) is 0 Å². The number of imidazole rings is 1. The molecule has 0 spiro atoms. The van der Waals surface area contributed by atoms with Crippen LogP contribution in [0.2, 0.25) is 0 Å². The SMILES string of the molecule is CCc1c(C)nn(CCNC(=O)Nc2cccc(-c3cnc[nH]3)c2)c1C. The first kappa shape index (κ1) is 17.7. The summed E-state index contributed by atoms with van der Waals surface area (Å²) in [6.07, 6.45) is 4.35. The second-order valence-corrected chi connectivity index (χ2v) is 6.15. The maximum atomic E-state index is 12.1. The number of benzene rings is 1. The van der Waals surface area contributed by atoms with Crippen molar-refractivity contribution in [3.63, 3.8) is 0 Å². The first-order valence-corrected chi connectivity index (χ1v) is 8.75. The van der Waals surface area contributed by atoms with E-state index in [2.05, 4.69) is 39.5 Å². The fourth-order valence-corrected chi connectivity index (χ4v) is 3.09. The molecule has 3 rings (SSSR count). The molecule has 0 fully saturated rings. The molecule has 0 aliphatic rings. The zero-order valence-electron chi connectivity index (χ0n) is 15.3. The fourth-order valence-electron chi connectivity index (χ4n) is 3.09. The topological polar surface area (TPSA) is 87.6 Å². The molecule has 0 unspecified atom stereocenters. The molecule has 0 atom stereocenters. The Kier molecular flexibility index (Phi) is 5.36. The normalized spacial score (nSPS) is 10.7. The standard InChI is InChI=1S/C19H24N6O/c1-4-17-13(2)24-25(14(17)3)9-8-21-19(26)23-16-7-5-6-15(10-16)18-11-20-12-22-18/h5-7,10-12H,4,8-9H2,1-3H3,(H,20,22)(H2,21,23,26). The zero-order valence-corrected chi connectivity index (χ0v) is 15.3. The Labute approximate surface area is 152 Å². The van der Waals surface area contributed by atoms with Gasteiger partial charge in [-0.3, -0.25) is 4.68 Å². The van der Waals surface area contributed by atoms with Crippen LogP contribution in [0.5, 0.6) is 0 Å². The molecule has 0 aliphatic heterocycles. The fraction of sp³-hybridized carbons (Fsp3) is 0.316. The summed E-state index contributed by atoms with van der Waals surface area (Å²) in [6, 6.07) is 7.39. The smallest absolute Gasteiger partial charge is 0.319 e. The Morgan fingerprint density at radius 3 is 2.85 bits per heavy atom. The molecular weight excluding hydrogens is 328 g/mol. The summed E-state index contributed by atoms with van der Waals surface area (Å²) in [6.45, 7) is 7.38. The number of aryl methyl sites for hydroxylation is 1. The average Bonchev–Trinajstić information content (AvgIpc) is 3.24. The molecule has 0 aliphatic carbocycles. The van der Waals surface area contributed by atoms with Crippen LogP contribution in [-0.2, 0) is 13.0 Å². The highest BCUT2D eigenvalue weighted by Gasteiger charge is 2.10. The number of amides is 2. The van der Waals surface area contributed by atoms with Gasteiger partial charge < -0.3 is 15.6 Å². The average molecular weight is 352 g/mol. The van der Waals surface area contributed by atoms with E-state index in [1.165, 1.54) is 11.3 Å². The molecule has 0 bridgehead atoms. The molecular formula is C19H24N6O. The molecule has 0 saturated carbocycles. The Morgan fingerprint density at radius 1 is 1.31 bits per heavy atom. The van der Waals surface area contributed by atoms with Crippen LogP contribution >= 0.6 is 0 Å². The van der Waals surface area contributed by atoms with E-state index in [4.69, 9.17) is 0 Å². The van der Waals surface area contributed by atoms with Gasteiger partial charge in [-0.1, -0.05) is 19.1 Å². The summed E-state index contributed by atoms with van der Waals surface area (Å²) in [5.74, 6) is 0. The minimum absolute atomic E-state index is 0.232. The molecule has 1 aromatic carbocycles. The Morgan fingerprint density at radius 2 is 2.15 bits per heavy atom. The van der Waals surface area contributed by atoms with Crippen molar-refractivity contribution >= 4 is 11.7 Å². The maximum absolute atomic E-state index is 12.1. The molecule has 7 nitrogen and oxygen atoms in total. The maximum Gasteiger partial charge on any atom is 0.319 e. The number of anilines is 1. The lowest BCUT2D eigenvalue weighted by atomic mass is 10.1. The lowest BCUT2D eigenvalue weighted by Gasteiger charge is -2.10. The van der Waals surface area contributed by atoms with Gasteiger partial charge in [0.1, 0.15) is 0 Å². The van der Waals surface area contributed by atoms with Gasteiger partial charge in [0.05, 0.1) is 30.5 Å². The van der Waals surface area contributed by atoms with Gasteiger partial charge in [0.25, 0.3) is 0 Å². The second kappa shape index (κ2) is 7.86. The van der Waals surface area contributed by atoms with Crippen LogP contribution in [0.3, 0.4) is 0 Å². The van der Waals surface area contributed by atoms with E-state index in [-0.39, 0.29) is 6.03 Å². The van der Waals surface area contributed by atoms with E-state index in [0.717, 1.165) is 29.1 Å². The highest BCUT2D eigenvalue weighted by Crippen LogP contribution is 2.20. The van der Waals surface area contributed by atoms with Crippen molar-refractivity contribution in [3.05, 3.63) is 53.7 Å². The number of nitrogens with zero attached hydrogens (tertiary/aromatic N) is 3. The molecule has 2 heterocycles. The van der Waals surface area contributed by atoms with Crippen molar-refractivity contribution < 1.29 is 4.79 Å². The van der Waals surface area contributed by atoms with Crippen molar-refractivity contribution in [2.24, 2.45) is 0 Å². The highest BCUT2D eigenvalue weighted by atomic mass is 16.2. The van der Waals surface area contributed by atoms with Crippen molar-refractivity contribution in [2.45, 2.75) is 33.7 Å². The number of carbonyl (C=O) groups is 1. The van der Waals surface area contributed by atoms with Gasteiger partial charge in [-0.2, -0.15) is 5.10 Å². The molecule has 3 aromatic rings. The third kappa shape index (κ3) is 3.93. The molecule has 136 valence electrons. The first-order chi connectivity index (χ1) is 12.6. The van der Waals surface area contributed by atoms with Crippen molar-refractivity contribution in [2.75, 3.05) is 11.9 Å². The van der Waals surface area contributed by atoms with Crippen LogP contribution in [0.1, 0.15) is 23.9 Å². The van der Waals surface area contributed by atoms with Crippen LogP contribution in [0, 0.1) is 13.8 Å². The monoisotopic (exact) mass is 352 g/mol. The third-order valence-corrected chi connectivity index (χ3v) is 4.42. The number of aromatic nitrogens is 4. The first-order valence-electron chi connectivity index (χ1n) is 8.75. The molecule has 0 saturated heterocycles. The summed E-state index contributed by atoms with van der Waals surface area (Å²) >= 11 is 0. The largest absolute Gasteiger partial charge is 0.345 e. The van der Waals surface area contributed by atoms with Gasteiger partial charge in [-0.25, -0.2) is 9.78 Å². The summed E-state index contributed by atoms with van der Waals surface area (Å²) < 4.78 is 1.95. The molecule has 0 radical (unpaired) electrons. The lowest BCUT2D eigenvalue weighted by Crippen LogP contribution is -2.31. The van der Waals surface area contributed by atoms with E-state index < -0.39 is 0 Å². The summed E-state index contributed by atoms with van der Waals surface area (Å²) in [7, 11) is 0. The van der Waals surface area contributed by atoms with Crippen LogP contribution in [0.25, 0.3) is 11.3 Å². The summed E-state index contributed by atoms with van der Waals surface area (Å²) in [4.78, 5) is 19.2. The van der Waals surface area contributed by atoms with Crippen LogP contribution in [-0.4, -0.2) is 32.3 Å². The predicted octanol–water partition coefficient (Wildman–Crippen LogP) is 3.27. The Balaban J connectivity index is 1.54. The van der Waals surface area contributed by atoms with Gasteiger partial charge >= 0.3 is 6.03 Å². The number of carbonyl (C=O) groups excluding carboxylic acids is 1.